The van der Waals surface area contributed by atoms with Gasteiger partial charge in [0, 0.05) is 35.9 Å². The van der Waals surface area contributed by atoms with Gasteiger partial charge in [-0.05, 0) is 15.9 Å². The molecule has 0 bridgehead atoms. The van der Waals surface area contributed by atoms with Crippen LogP contribution in [-0.4, -0.2) is 29.0 Å². The van der Waals surface area contributed by atoms with Crippen LogP contribution < -0.4 is 10.6 Å². The monoisotopic (exact) mass is 272 g/mol. The van der Waals surface area contributed by atoms with E-state index in [1.54, 1.807) is 11.1 Å². The molecule has 2 N–H and O–H groups in total. The second-order valence-corrected chi connectivity index (χ2v) is 4.33. The third-order valence-corrected chi connectivity index (χ3v) is 2.65. The van der Waals surface area contributed by atoms with E-state index in [0.717, 1.165) is 0 Å². The van der Waals surface area contributed by atoms with E-state index in [9.17, 15) is 10.1 Å². The molecule has 1 aromatic rings. The maximum Gasteiger partial charge on any atom is 0.312 e. The fourth-order valence-corrected chi connectivity index (χ4v) is 1.80. The van der Waals surface area contributed by atoms with Crippen molar-refractivity contribution in [2.24, 2.45) is 5.73 Å². The second kappa shape index (κ2) is 3.74. The predicted octanol–water partition coefficient (Wildman–Crippen LogP) is 0.900. The Balaban J connectivity index is 2.34. The lowest BCUT2D eigenvalue weighted by Crippen LogP contribution is -2.56. The topological polar surface area (TPSA) is 85.3 Å². The Hall–Kier alpha value is -1.21. The molecule has 7 heteroatoms. The molecule has 6 nitrogen and oxygen atoms in total. The molecule has 0 atom stereocenters. The number of halogens is 1. The molecule has 0 radical (unpaired) electrons. The van der Waals surface area contributed by atoms with E-state index < -0.39 is 4.92 Å². The van der Waals surface area contributed by atoms with Crippen LogP contribution >= 0.6 is 15.9 Å². The number of nitro groups is 1. The quantitative estimate of drug-likeness (QED) is 0.639. The van der Waals surface area contributed by atoms with Gasteiger partial charge in [-0.1, -0.05) is 0 Å². The first kappa shape index (κ1) is 10.3. The highest BCUT2D eigenvalue weighted by atomic mass is 79.9. The summed E-state index contributed by atoms with van der Waals surface area (Å²) >= 11 is 3.16. The van der Waals surface area contributed by atoms with E-state index in [1.807, 2.05) is 0 Å². The number of hydrogen-bond donors (Lipinski definition) is 1. The molecule has 0 unspecified atom stereocenters. The number of anilines is 1. The van der Waals surface area contributed by atoms with E-state index in [1.165, 1.54) is 6.07 Å². The third kappa shape index (κ3) is 1.93. The Bertz CT molecular complexity index is 406. The Labute approximate surface area is 94.4 Å². The third-order valence-electron chi connectivity index (χ3n) is 2.22. The molecule has 2 heterocycles. The summed E-state index contributed by atoms with van der Waals surface area (Å²) in [6.45, 7) is 1.24. The van der Waals surface area contributed by atoms with Crippen molar-refractivity contribution in [1.29, 1.82) is 0 Å². The van der Waals surface area contributed by atoms with Gasteiger partial charge >= 0.3 is 5.69 Å². The molecule has 0 spiro atoms. The summed E-state index contributed by atoms with van der Waals surface area (Å²) in [4.78, 5) is 16.2. The Kier molecular flexibility index (Phi) is 2.57. The molecule has 1 saturated heterocycles. The van der Waals surface area contributed by atoms with Crippen LogP contribution in [0, 0.1) is 10.1 Å². The molecule has 0 saturated carbocycles. The van der Waals surface area contributed by atoms with Crippen LogP contribution in [0.2, 0.25) is 0 Å². The summed E-state index contributed by atoms with van der Waals surface area (Å²) in [6, 6.07) is 1.54. The first-order valence-electron chi connectivity index (χ1n) is 4.38. The van der Waals surface area contributed by atoms with Gasteiger partial charge in [0.05, 0.1) is 4.92 Å². The van der Waals surface area contributed by atoms with Crippen molar-refractivity contribution in [3.63, 3.8) is 0 Å². The molecule has 80 valence electrons. The lowest BCUT2D eigenvalue weighted by Gasteiger charge is -2.37. The summed E-state index contributed by atoms with van der Waals surface area (Å²) in [7, 11) is 0. The normalized spacial score (nSPS) is 16.3. The van der Waals surface area contributed by atoms with Crippen molar-refractivity contribution in [1.82, 2.24) is 4.98 Å². The van der Waals surface area contributed by atoms with Crippen molar-refractivity contribution < 1.29 is 4.92 Å². The SMILES string of the molecule is NC1CN(c2ncc(Br)cc2[N+](=O)[O-])C1. The highest BCUT2D eigenvalue weighted by Gasteiger charge is 2.30. The molecule has 1 aromatic heterocycles. The predicted molar refractivity (Wildman–Crippen MR) is 58.8 cm³/mol. The van der Waals surface area contributed by atoms with Gasteiger partial charge in [-0.15, -0.1) is 0 Å². The minimum atomic E-state index is -0.434. The van der Waals surface area contributed by atoms with Crippen molar-refractivity contribution in [2.75, 3.05) is 18.0 Å². The molecule has 0 aromatic carbocycles. The summed E-state index contributed by atoms with van der Waals surface area (Å²) in [5.74, 6) is 0.393. The van der Waals surface area contributed by atoms with Crippen LogP contribution in [-0.2, 0) is 0 Å². The van der Waals surface area contributed by atoms with E-state index in [4.69, 9.17) is 5.73 Å². The Morgan fingerprint density at radius 3 is 2.87 bits per heavy atom. The van der Waals surface area contributed by atoms with Crippen molar-refractivity contribution >= 4 is 27.4 Å². The summed E-state index contributed by atoms with van der Waals surface area (Å²) in [5.41, 5.74) is 5.62. The fraction of sp³-hybridized carbons (Fsp3) is 0.375. The smallest absolute Gasteiger partial charge is 0.312 e. The molecule has 1 fully saturated rings. The van der Waals surface area contributed by atoms with Crippen molar-refractivity contribution in [3.8, 4) is 0 Å². The summed E-state index contributed by atoms with van der Waals surface area (Å²) < 4.78 is 0.600. The molecule has 2 rings (SSSR count). The van der Waals surface area contributed by atoms with Gasteiger partial charge in [0.15, 0.2) is 0 Å². The summed E-state index contributed by atoms with van der Waals surface area (Å²) in [5, 5.41) is 10.8. The molecular formula is C8H9BrN4O2. The molecule has 1 aliphatic heterocycles. The highest BCUT2D eigenvalue weighted by molar-refractivity contribution is 9.10. The van der Waals surface area contributed by atoms with Crippen LogP contribution in [0.5, 0.6) is 0 Å². The molecule has 0 aliphatic carbocycles. The molecule has 0 amide bonds. The van der Waals surface area contributed by atoms with Gasteiger partial charge in [-0.3, -0.25) is 10.1 Å². The van der Waals surface area contributed by atoms with Gasteiger partial charge < -0.3 is 10.6 Å². The van der Waals surface area contributed by atoms with Crippen LogP contribution in [0.3, 0.4) is 0 Å². The molecule has 1 aliphatic rings. The van der Waals surface area contributed by atoms with Crippen LogP contribution in [0.25, 0.3) is 0 Å². The van der Waals surface area contributed by atoms with Crippen LogP contribution in [0.1, 0.15) is 0 Å². The number of nitrogens with zero attached hydrogens (tertiary/aromatic N) is 3. The fourth-order valence-electron chi connectivity index (χ4n) is 1.48. The number of aromatic nitrogens is 1. The van der Waals surface area contributed by atoms with Gasteiger partial charge in [-0.2, -0.15) is 0 Å². The van der Waals surface area contributed by atoms with Crippen LogP contribution in [0.4, 0.5) is 11.5 Å². The largest absolute Gasteiger partial charge is 0.348 e. The lowest BCUT2D eigenvalue weighted by atomic mass is 10.1. The number of pyridine rings is 1. The minimum absolute atomic E-state index is 0.0104. The van der Waals surface area contributed by atoms with E-state index >= 15 is 0 Å². The van der Waals surface area contributed by atoms with E-state index in [0.29, 0.717) is 23.4 Å². The maximum absolute atomic E-state index is 10.8. The van der Waals surface area contributed by atoms with E-state index in [2.05, 4.69) is 20.9 Å². The number of hydrogen-bond acceptors (Lipinski definition) is 5. The van der Waals surface area contributed by atoms with E-state index in [-0.39, 0.29) is 11.7 Å². The van der Waals surface area contributed by atoms with Crippen LogP contribution in [0.15, 0.2) is 16.7 Å². The lowest BCUT2D eigenvalue weighted by molar-refractivity contribution is -0.384. The average molecular weight is 273 g/mol. The van der Waals surface area contributed by atoms with Crippen molar-refractivity contribution in [3.05, 3.63) is 26.9 Å². The zero-order chi connectivity index (χ0) is 11.0. The zero-order valence-electron chi connectivity index (χ0n) is 7.76. The average Bonchev–Trinajstić information content (AvgIpc) is 2.13. The number of nitrogens with two attached hydrogens (primary N) is 1. The second-order valence-electron chi connectivity index (χ2n) is 3.42. The van der Waals surface area contributed by atoms with Crippen molar-refractivity contribution in [2.45, 2.75) is 6.04 Å². The zero-order valence-corrected chi connectivity index (χ0v) is 9.35. The first-order valence-corrected chi connectivity index (χ1v) is 5.17. The minimum Gasteiger partial charge on any atom is -0.348 e. The standard InChI is InChI=1S/C8H9BrN4O2/c9-5-1-7(13(14)15)8(11-2-5)12-3-6(10)4-12/h1-2,6H,3-4,10H2. The van der Waals surface area contributed by atoms with Gasteiger partial charge in [0.1, 0.15) is 0 Å². The highest BCUT2D eigenvalue weighted by Crippen LogP contribution is 2.30. The Morgan fingerprint density at radius 1 is 1.67 bits per heavy atom. The molecule has 15 heavy (non-hydrogen) atoms. The number of rotatable bonds is 2. The van der Waals surface area contributed by atoms with Gasteiger partial charge in [0.25, 0.3) is 0 Å². The molecular weight excluding hydrogens is 264 g/mol. The first-order chi connectivity index (χ1) is 7.08. The van der Waals surface area contributed by atoms with Gasteiger partial charge in [-0.25, -0.2) is 4.98 Å². The van der Waals surface area contributed by atoms with Gasteiger partial charge in [0.2, 0.25) is 5.82 Å². The summed E-state index contributed by atoms with van der Waals surface area (Å²) in [6.07, 6.45) is 1.55. The maximum atomic E-state index is 10.8. The Morgan fingerprint density at radius 2 is 2.33 bits per heavy atom.